The molecule has 1 atom stereocenters. The Hall–Kier alpha value is -1.19. The fourth-order valence-corrected chi connectivity index (χ4v) is 1.81. The van der Waals surface area contributed by atoms with Crippen molar-refractivity contribution in [2.75, 3.05) is 13.1 Å². The Morgan fingerprint density at radius 1 is 1.33 bits per heavy atom. The molecule has 0 saturated carbocycles. The lowest BCUT2D eigenvalue weighted by atomic mass is 10.0. The van der Waals surface area contributed by atoms with Crippen LogP contribution in [0.4, 0.5) is 4.39 Å². The molecule has 1 aliphatic heterocycles. The number of hydrogen-bond acceptors (Lipinski definition) is 2. The number of rotatable bonds is 2. The molecule has 0 aliphatic carbocycles. The van der Waals surface area contributed by atoms with E-state index in [4.69, 9.17) is 5.73 Å². The molecule has 0 saturated heterocycles. The molecule has 15 heavy (non-hydrogen) atoms. The summed E-state index contributed by atoms with van der Waals surface area (Å²) < 4.78 is 12.7. The topological polar surface area (TPSA) is 38.0 Å². The quantitative estimate of drug-likeness (QED) is 0.714. The summed E-state index contributed by atoms with van der Waals surface area (Å²) >= 11 is 0. The van der Waals surface area contributed by atoms with Gasteiger partial charge in [0.1, 0.15) is 5.82 Å². The molecule has 1 heterocycles. The first-order valence-corrected chi connectivity index (χ1v) is 5.14. The van der Waals surface area contributed by atoms with Crippen molar-refractivity contribution in [3.05, 3.63) is 47.3 Å². The predicted octanol–water partition coefficient (Wildman–Crippen LogP) is 1.23. The van der Waals surface area contributed by atoms with Gasteiger partial charge >= 0.3 is 0 Å². The predicted molar refractivity (Wildman–Crippen MR) is 59.0 cm³/mol. The lowest BCUT2D eigenvalue weighted by Crippen LogP contribution is -2.38. The molecule has 1 aliphatic rings. The molecular weight excluding hydrogens is 191 g/mol. The van der Waals surface area contributed by atoms with Gasteiger partial charge in [0.2, 0.25) is 0 Å². The largest absolute Gasteiger partial charge is 0.323 e. The van der Waals surface area contributed by atoms with Gasteiger partial charge in [0.25, 0.3) is 0 Å². The van der Waals surface area contributed by atoms with Gasteiger partial charge in [-0.05, 0) is 24.1 Å². The second-order valence-corrected chi connectivity index (χ2v) is 3.92. The second kappa shape index (κ2) is 4.55. The van der Waals surface area contributed by atoms with Crippen LogP contribution in [0, 0.1) is 5.82 Å². The Balaban J connectivity index is 2.05. The maximum atomic E-state index is 12.7. The Labute approximate surface area is 89.0 Å². The van der Waals surface area contributed by atoms with E-state index in [1.165, 1.54) is 17.7 Å². The summed E-state index contributed by atoms with van der Waals surface area (Å²) in [5.41, 5.74) is 8.21. The number of benzene rings is 1. The van der Waals surface area contributed by atoms with Crippen molar-refractivity contribution >= 4 is 0 Å². The van der Waals surface area contributed by atoms with Crippen LogP contribution >= 0.6 is 0 Å². The third-order valence-corrected chi connectivity index (χ3v) is 2.53. The fraction of sp³-hybridized carbons (Fsp3) is 0.333. The zero-order valence-corrected chi connectivity index (χ0v) is 8.54. The Morgan fingerprint density at radius 3 is 2.73 bits per heavy atom. The van der Waals surface area contributed by atoms with Crippen molar-refractivity contribution in [1.29, 1.82) is 0 Å². The summed E-state index contributed by atoms with van der Waals surface area (Å²) in [5, 5.41) is 3.25. The molecular formula is C12H15FN2. The van der Waals surface area contributed by atoms with E-state index in [0.29, 0.717) is 0 Å². The Bertz CT molecular complexity index is 356. The van der Waals surface area contributed by atoms with E-state index in [1.54, 1.807) is 0 Å². The standard InChI is InChI=1S/C12H15FN2/c13-11-3-1-9(2-4-11)5-10-6-12(14)8-15-7-10/h1-4,6,12,15H,5,7-8,14H2. The van der Waals surface area contributed by atoms with Gasteiger partial charge in [0.05, 0.1) is 0 Å². The highest BCUT2D eigenvalue weighted by Gasteiger charge is 2.09. The van der Waals surface area contributed by atoms with Gasteiger partial charge in [-0.1, -0.05) is 23.8 Å². The van der Waals surface area contributed by atoms with Crippen LogP contribution in [0.5, 0.6) is 0 Å². The molecule has 0 spiro atoms. The third kappa shape index (κ3) is 2.88. The number of halogens is 1. The first kappa shape index (κ1) is 10.3. The SMILES string of the molecule is NC1C=C(Cc2ccc(F)cc2)CNC1. The van der Waals surface area contributed by atoms with Gasteiger partial charge in [0.15, 0.2) is 0 Å². The number of nitrogens with one attached hydrogen (secondary N) is 1. The highest BCUT2D eigenvalue weighted by Crippen LogP contribution is 2.11. The first-order valence-electron chi connectivity index (χ1n) is 5.14. The summed E-state index contributed by atoms with van der Waals surface area (Å²) in [6.07, 6.45) is 2.95. The van der Waals surface area contributed by atoms with Crippen LogP contribution in [0.25, 0.3) is 0 Å². The lowest BCUT2D eigenvalue weighted by molar-refractivity contribution is 0.622. The fourth-order valence-electron chi connectivity index (χ4n) is 1.81. The summed E-state index contributed by atoms with van der Waals surface area (Å²) in [6.45, 7) is 1.72. The van der Waals surface area contributed by atoms with E-state index in [1.807, 2.05) is 12.1 Å². The Kier molecular flexibility index (Phi) is 3.14. The van der Waals surface area contributed by atoms with Gasteiger partial charge in [-0.15, -0.1) is 0 Å². The van der Waals surface area contributed by atoms with Crippen LogP contribution in [0.3, 0.4) is 0 Å². The molecule has 1 unspecified atom stereocenters. The van der Waals surface area contributed by atoms with Crippen molar-refractivity contribution in [2.45, 2.75) is 12.5 Å². The smallest absolute Gasteiger partial charge is 0.123 e. The average molecular weight is 206 g/mol. The van der Waals surface area contributed by atoms with E-state index >= 15 is 0 Å². The lowest BCUT2D eigenvalue weighted by Gasteiger charge is -2.19. The zero-order valence-electron chi connectivity index (χ0n) is 8.54. The summed E-state index contributed by atoms with van der Waals surface area (Å²) in [6, 6.07) is 6.72. The van der Waals surface area contributed by atoms with E-state index in [-0.39, 0.29) is 11.9 Å². The number of nitrogens with two attached hydrogens (primary N) is 1. The summed E-state index contributed by atoms with van der Waals surface area (Å²) in [7, 11) is 0. The van der Waals surface area contributed by atoms with Crippen LogP contribution in [0.15, 0.2) is 35.9 Å². The van der Waals surface area contributed by atoms with Crippen molar-refractivity contribution in [1.82, 2.24) is 5.32 Å². The van der Waals surface area contributed by atoms with E-state index in [9.17, 15) is 4.39 Å². The van der Waals surface area contributed by atoms with Gasteiger partial charge in [-0.25, -0.2) is 4.39 Å². The number of hydrogen-bond donors (Lipinski definition) is 2. The molecule has 0 amide bonds. The molecule has 80 valence electrons. The molecule has 2 nitrogen and oxygen atoms in total. The minimum atomic E-state index is -0.189. The normalized spacial score (nSPS) is 21.2. The van der Waals surface area contributed by atoms with E-state index in [0.717, 1.165) is 25.1 Å². The molecule has 0 radical (unpaired) electrons. The highest BCUT2D eigenvalue weighted by atomic mass is 19.1. The average Bonchev–Trinajstić information content (AvgIpc) is 2.22. The van der Waals surface area contributed by atoms with Crippen LogP contribution < -0.4 is 11.1 Å². The van der Waals surface area contributed by atoms with Gasteiger partial charge in [-0.3, -0.25) is 0 Å². The maximum absolute atomic E-state index is 12.7. The monoisotopic (exact) mass is 206 g/mol. The van der Waals surface area contributed by atoms with E-state index < -0.39 is 0 Å². The molecule has 2 rings (SSSR count). The van der Waals surface area contributed by atoms with Crippen molar-refractivity contribution in [3.8, 4) is 0 Å². The zero-order chi connectivity index (χ0) is 10.7. The molecule has 3 heteroatoms. The van der Waals surface area contributed by atoms with Crippen LogP contribution in [0.1, 0.15) is 5.56 Å². The minimum Gasteiger partial charge on any atom is -0.323 e. The minimum absolute atomic E-state index is 0.106. The molecule has 1 aromatic rings. The highest BCUT2D eigenvalue weighted by molar-refractivity contribution is 5.25. The van der Waals surface area contributed by atoms with Crippen LogP contribution in [0.2, 0.25) is 0 Å². The van der Waals surface area contributed by atoms with Crippen molar-refractivity contribution < 1.29 is 4.39 Å². The summed E-state index contributed by atoms with van der Waals surface area (Å²) in [4.78, 5) is 0. The third-order valence-electron chi connectivity index (χ3n) is 2.53. The maximum Gasteiger partial charge on any atom is 0.123 e. The summed E-state index contributed by atoms with van der Waals surface area (Å²) in [5.74, 6) is -0.189. The van der Waals surface area contributed by atoms with Gasteiger partial charge < -0.3 is 11.1 Å². The van der Waals surface area contributed by atoms with Crippen molar-refractivity contribution in [2.24, 2.45) is 5.73 Å². The van der Waals surface area contributed by atoms with Crippen molar-refractivity contribution in [3.63, 3.8) is 0 Å². The molecule has 0 aromatic heterocycles. The molecule has 0 bridgehead atoms. The Morgan fingerprint density at radius 2 is 2.07 bits per heavy atom. The molecule has 3 N–H and O–H groups in total. The van der Waals surface area contributed by atoms with Crippen LogP contribution in [-0.2, 0) is 6.42 Å². The van der Waals surface area contributed by atoms with Crippen LogP contribution in [-0.4, -0.2) is 19.1 Å². The molecule has 1 aromatic carbocycles. The first-order chi connectivity index (χ1) is 7.24. The van der Waals surface area contributed by atoms with Gasteiger partial charge in [0, 0.05) is 19.1 Å². The van der Waals surface area contributed by atoms with E-state index in [2.05, 4.69) is 11.4 Å². The molecule has 0 fully saturated rings. The van der Waals surface area contributed by atoms with Gasteiger partial charge in [-0.2, -0.15) is 0 Å². The second-order valence-electron chi connectivity index (χ2n) is 3.92.